The molecule has 0 spiro atoms. The SMILES string of the molecule is CCC1=C(Cc2ccc(C(F)(F)F)c[n+]2[O-])C(=O)c2c(F)ccc(F)c2C1=O. The number of allylic oxidation sites excluding steroid dienone is 2. The average Bonchev–Trinajstić information content (AvgIpc) is 2.62. The van der Waals surface area contributed by atoms with Crippen molar-refractivity contribution in [2.75, 3.05) is 0 Å². The number of pyridine rings is 1. The third-order valence-electron chi connectivity index (χ3n) is 4.50. The van der Waals surface area contributed by atoms with Crippen molar-refractivity contribution >= 4 is 11.6 Å². The molecular formula is C19H12F5NO3. The van der Waals surface area contributed by atoms with E-state index >= 15 is 0 Å². The van der Waals surface area contributed by atoms with Gasteiger partial charge >= 0.3 is 6.18 Å². The summed E-state index contributed by atoms with van der Waals surface area (Å²) in [6.45, 7) is 1.51. The lowest BCUT2D eigenvalue weighted by Crippen LogP contribution is -2.35. The maximum absolute atomic E-state index is 14.1. The Morgan fingerprint density at radius 3 is 1.93 bits per heavy atom. The maximum Gasteiger partial charge on any atom is 0.422 e. The third-order valence-corrected chi connectivity index (χ3v) is 4.50. The highest BCUT2D eigenvalue weighted by atomic mass is 19.4. The molecule has 0 saturated heterocycles. The molecule has 1 heterocycles. The molecule has 0 radical (unpaired) electrons. The molecule has 0 aliphatic heterocycles. The van der Waals surface area contributed by atoms with Crippen molar-refractivity contribution in [3.8, 4) is 0 Å². The van der Waals surface area contributed by atoms with Gasteiger partial charge in [-0.15, -0.1) is 0 Å². The second-order valence-electron chi connectivity index (χ2n) is 6.16. The molecule has 3 rings (SSSR count). The lowest BCUT2D eigenvalue weighted by atomic mass is 9.80. The summed E-state index contributed by atoms with van der Waals surface area (Å²) in [4.78, 5) is 25.3. The molecule has 0 saturated carbocycles. The van der Waals surface area contributed by atoms with Gasteiger partial charge in [-0.3, -0.25) is 9.59 Å². The number of fused-ring (bicyclic) bond motifs is 1. The number of Topliss-reactive ketones (excluding diaryl/α,β-unsaturated/α-hetero) is 2. The van der Waals surface area contributed by atoms with E-state index in [2.05, 4.69) is 0 Å². The predicted octanol–water partition coefficient (Wildman–Crippen LogP) is 3.95. The van der Waals surface area contributed by atoms with Crippen LogP contribution in [0.2, 0.25) is 0 Å². The zero-order valence-electron chi connectivity index (χ0n) is 14.4. The highest BCUT2D eigenvalue weighted by Gasteiger charge is 2.37. The van der Waals surface area contributed by atoms with Gasteiger partial charge in [0.25, 0.3) is 0 Å². The van der Waals surface area contributed by atoms with Crippen molar-refractivity contribution in [3.63, 3.8) is 0 Å². The summed E-state index contributed by atoms with van der Waals surface area (Å²) in [5.41, 5.74) is -3.18. The minimum atomic E-state index is -4.73. The zero-order chi connectivity index (χ0) is 20.8. The number of rotatable bonds is 3. The molecule has 0 fully saturated rings. The summed E-state index contributed by atoms with van der Waals surface area (Å²) in [5, 5.41) is 12.0. The molecule has 146 valence electrons. The van der Waals surface area contributed by atoms with Crippen LogP contribution in [-0.2, 0) is 12.6 Å². The molecule has 2 aromatic rings. The van der Waals surface area contributed by atoms with Crippen molar-refractivity contribution in [1.29, 1.82) is 0 Å². The maximum atomic E-state index is 14.1. The Morgan fingerprint density at radius 2 is 1.46 bits per heavy atom. The number of aromatic nitrogens is 1. The van der Waals surface area contributed by atoms with Crippen molar-refractivity contribution in [2.45, 2.75) is 25.9 Å². The van der Waals surface area contributed by atoms with Gasteiger partial charge in [0.1, 0.15) is 17.2 Å². The summed E-state index contributed by atoms with van der Waals surface area (Å²) in [7, 11) is 0. The smallest absolute Gasteiger partial charge is 0.422 e. The molecule has 0 amide bonds. The number of carbonyl (C=O) groups is 2. The number of carbonyl (C=O) groups excluding carboxylic acids is 2. The molecule has 1 aromatic carbocycles. The number of ketones is 2. The van der Waals surface area contributed by atoms with Gasteiger partial charge in [0, 0.05) is 17.2 Å². The Labute approximate surface area is 155 Å². The van der Waals surface area contributed by atoms with Crippen molar-refractivity contribution < 1.29 is 36.3 Å². The van der Waals surface area contributed by atoms with Gasteiger partial charge in [0.15, 0.2) is 23.5 Å². The Hall–Kier alpha value is -3.10. The molecule has 28 heavy (non-hydrogen) atoms. The van der Waals surface area contributed by atoms with E-state index in [0.29, 0.717) is 18.3 Å². The fourth-order valence-electron chi connectivity index (χ4n) is 3.13. The van der Waals surface area contributed by atoms with E-state index in [1.165, 1.54) is 6.92 Å². The van der Waals surface area contributed by atoms with Crippen LogP contribution in [0.25, 0.3) is 0 Å². The molecule has 1 aliphatic carbocycles. The molecule has 0 atom stereocenters. The summed E-state index contributed by atoms with van der Waals surface area (Å²) < 4.78 is 66.2. The molecule has 0 bridgehead atoms. The van der Waals surface area contributed by atoms with E-state index in [0.717, 1.165) is 12.1 Å². The van der Waals surface area contributed by atoms with E-state index in [4.69, 9.17) is 0 Å². The van der Waals surface area contributed by atoms with Crippen LogP contribution in [0.15, 0.2) is 41.6 Å². The fraction of sp³-hybridized carbons (Fsp3) is 0.211. The first-order chi connectivity index (χ1) is 13.1. The Balaban J connectivity index is 2.10. The first kappa shape index (κ1) is 19.7. The minimum absolute atomic E-state index is 0.00517. The second kappa shape index (κ2) is 6.81. The van der Waals surface area contributed by atoms with E-state index in [-0.39, 0.29) is 28.0 Å². The van der Waals surface area contributed by atoms with Crippen molar-refractivity contribution in [3.05, 3.63) is 80.8 Å². The van der Waals surface area contributed by atoms with E-state index in [1.807, 2.05) is 0 Å². The normalized spacial score (nSPS) is 14.5. The van der Waals surface area contributed by atoms with E-state index in [1.54, 1.807) is 0 Å². The molecule has 1 aromatic heterocycles. The molecule has 1 aliphatic rings. The Morgan fingerprint density at radius 1 is 0.929 bits per heavy atom. The number of nitrogens with zero attached hydrogens (tertiary/aromatic N) is 1. The largest absolute Gasteiger partial charge is 0.618 e. The summed E-state index contributed by atoms with van der Waals surface area (Å²) in [6.07, 6.45) is -4.92. The quantitative estimate of drug-likeness (QED) is 0.448. The molecule has 4 nitrogen and oxygen atoms in total. The van der Waals surface area contributed by atoms with Crippen LogP contribution in [0.1, 0.15) is 45.3 Å². The van der Waals surface area contributed by atoms with Crippen LogP contribution in [-0.4, -0.2) is 11.6 Å². The molecule has 0 N–H and O–H groups in total. The summed E-state index contributed by atoms with van der Waals surface area (Å²) in [6, 6.07) is 2.99. The van der Waals surface area contributed by atoms with Crippen LogP contribution in [0.5, 0.6) is 0 Å². The monoisotopic (exact) mass is 397 g/mol. The number of halogens is 5. The summed E-state index contributed by atoms with van der Waals surface area (Å²) in [5.74, 6) is -3.99. The van der Waals surface area contributed by atoms with Gasteiger partial charge in [-0.2, -0.15) is 17.9 Å². The van der Waals surface area contributed by atoms with Crippen molar-refractivity contribution in [2.24, 2.45) is 0 Å². The number of alkyl halides is 3. The number of hydrogen-bond acceptors (Lipinski definition) is 3. The number of hydrogen-bond donors (Lipinski definition) is 0. The van der Waals surface area contributed by atoms with Crippen LogP contribution < -0.4 is 4.73 Å². The lowest BCUT2D eigenvalue weighted by Gasteiger charge is -2.21. The predicted molar refractivity (Wildman–Crippen MR) is 86.4 cm³/mol. The van der Waals surface area contributed by atoms with E-state index in [9.17, 15) is 36.7 Å². The Kier molecular flexibility index (Phi) is 4.78. The topological polar surface area (TPSA) is 61.1 Å². The van der Waals surface area contributed by atoms with Gasteiger partial charge in [0.05, 0.1) is 17.5 Å². The van der Waals surface area contributed by atoms with Gasteiger partial charge < -0.3 is 5.21 Å². The van der Waals surface area contributed by atoms with Gasteiger partial charge in [-0.05, 0) is 24.6 Å². The van der Waals surface area contributed by atoms with Crippen LogP contribution in [0.3, 0.4) is 0 Å². The highest BCUT2D eigenvalue weighted by Crippen LogP contribution is 2.33. The average molecular weight is 397 g/mol. The standard InChI is InChI=1S/C19H12F5NO3/c1-2-11-12(7-10-4-3-9(8-25(10)28)19(22,23)24)18(27)16-14(21)6-5-13(20)15(16)17(11)26/h3-6,8H,2,7H2,1H3. The van der Waals surface area contributed by atoms with Crippen LogP contribution in [0.4, 0.5) is 22.0 Å². The third kappa shape index (κ3) is 3.17. The first-order valence-electron chi connectivity index (χ1n) is 8.15. The Bertz CT molecular complexity index is 1040. The molecular weight excluding hydrogens is 385 g/mol. The second-order valence-corrected chi connectivity index (χ2v) is 6.16. The first-order valence-corrected chi connectivity index (χ1v) is 8.15. The minimum Gasteiger partial charge on any atom is -0.618 e. The fourth-order valence-corrected chi connectivity index (χ4v) is 3.13. The summed E-state index contributed by atoms with van der Waals surface area (Å²) >= 11 is 0. The zero-order valence-corrected chi connectivity index (χ0v) is 14.4. The van der Waals surface area contributed by atoms with E-state index < -0.39 is 52.5 Å². The van der Waals surface area contributed by atoms with Crippen LogP contribution >= 0.6 is 0 Å². The highest BCUT2D eigenvalue weighted by molar-refractivity contribution is 6.27. The van der Waals surface area contributed by atoms with Gasteiger partial charge in [-0.25, -0.2) is 8.78 Å². The van der Waals surface area contributed by atoms with Crippen LogP contribution in [0, 0.1) is 16.8 Å². The van der Waals surface area contributed by atoms with Crippen molar-refractivity contribution in [1.82, 2.24) is 0 Å². The number of benzene rings is 1. The molecule has 9 heteroatoms. The van der Waals surface area contributed by atoms with Gasteiger partial charge in [-0.1, -0.05) is 6.92 Å². The lowest BCUT2D eigenvalue weighted by molar-refractivity contribution is -0.614. The molecule has 0 unspecified atom stereocenters. The van der Waals surface area contributed by atoms with Gasteiger partial charge in [0.2, 0.25) is 0 Å².